The molecule has 0 unspecified atom stereocenters. The topological polar surface area (TPSA) is 47.4 Å². The van der Waals surface area contributed by atoms with Crippen molar-refractivity contribution in [1.29, 1.82) is 0 Å². The number of hydrogen-bond donors (Lipinski definition) is 0. The molecule has 4 rings (SSSR count). The third kappa shape index (κ3) is 3.88. The number of aromatic nitrogens is 2. The lowest BCUT2D eigenvalue weighted by atomic mass is 9.97. The molecule has 142 valence electrons. The van der Waals surface area contributed by atoms with Crippen molar-refractivity contribution in [2.24, 2.45) is 18.9 Å². The van der Waals surface area contributed by atoms with Crippen molar-refractivity contribution in [3.8, 4) is 0 Å². The molecule has 5 nitrogen and oxygen atoms in total. The standard InChI is InChI=1S/C21H31N3O2/c1-23-15-22-19-12-24(20(25)10-16-6-2-3-7-16)11-18(21(19)23)14-26-13-17-8-4-5-9-17/h2,6,15-18H,3-5,7-14H2,1H3/t16-,18+/m1/s1. The maximum atomic E-state index is 12.8. The number of fused-ring (bicyclic) bond motifs is 1. The van der Waals surface area contributed by atoms with Gasteiger partial charge < -0.3 is 14.2 Å². The van der Waals surface area contributed by atoms with E-state index in [-0.39, 0.29) is 11.8 Å². The van der Waals surface area contributed by atoms with Gasteiger partial charge in [0.25, 0.3) is 0 Å². The molecule has 1 aliphatic heterocycles. The molecule has 5 heteroatoms. The van der Waals surface area contributed by atoms with Gasteiger partial charge in [0, 0.05) is 38.2 Å². The highest BCUT2D eigenvalue weighted by Crippen LogP contribution is 2.30. The number of rotatable bonds is 6. The van der Waals surface area contributed by atoms with E-state index in [1.54, 1.807) is 0 Å². The number of amides is 1. The monoisotopic (exact) mass is 357 g/mol. The summed E-state index contributed by atoms with van der Waals surface area (Å²) in [5, 5.41) is 0. The summed E-state index contributed by atoms with van der Waals surface area (Å²) in [6, 6.07) is 0. The quantitative estimate of drug-likeness (QED) is 0.733. The van der Waals surface area contributed by atoms with Crippen molar-refractivity contribution >= 4 is 5.91 Å². The van der Waals surface area contributed by atoms with E-state index in [1.807, 2.05) is 11.2 Å². The second-order valence-corrected chi connectivity index (χ2v) is 8.32. The van der Waals surface area contributed by atoms with Crippen LogP contribution in [0.5, 0.6) is 0 Å². The summed E-state index contributed by atoms with van der Waals surface area (Å²) in [5.41, 5.74) is 2.30. The van der Waals surface area contributed by atoms with E-state index < -0.39 is 0 Å². The minimum atomic E-state index is 0.232. The minimum Gasteiger partial charge on any atom is -0.380 e. The molecule has 0 spiro atoms. The van der Waals surface area contributed by atoms with Crippen molar-refractivity contribution in [1.82, 2.24) is 14.5 Å². The highest BCUT2D eigenvalue weighted by atomic mass is 16.5. The Hall–Kier alpha value is -1.62. The Balaban J connectivity index is 1.39. The van der Waals surface area contributed by atoms with E-state index in [0.717, 1.165) is 37.6 Å². The molecule has 1 aromatic heterocycles. The second kappa shape index (κ2) is 7.95. The Morgan fingerprint density at radius 1 is 1.27 bits per heavy atom. The largest absolute Gasteiger partial charge is 0.380 e. The number of carbonyl (C=O) groups is 1. The zero-order valence-electron chi connectivity index (χ0n) is 15.9. The Morgan fingerprint density at radius 2 is 2.12 bits per heavy atom. The summed E-state index contributed by atoms with van der Waals surface area (Å²) in [6.45, 7) is 2.96. The lowest BCUT2D eigenvalue weighted by molar-refractivity contribution is -0.133. The fourth-order valence-corrected chi connectivity index (χ4v) is 4.83. The van der Waals surface area contributed by atoms with E-state index in [2.05, 4.69) is 28.8 Å². The maximum absolute atomic E-state index is 12.8. The molecule has 0 bridgehead atoms. The van der Waals surface area contributed by atoms with Gasteiger partial charge in [-0.1, -0.05) is 25.0 Å². The molecular weight excluding hydrogens is 326 g/mol. The third-order valence-electron chi connectivity index (χ3n) is 6.28. The number of hydrogen-bond acceptors (Lipinski definition) is 3. The number of nitrogens with zero attached hydrogens (tertiary/aromatic N) is 3. The van der Waals surface area contributed by atoms with Gasteiger partial charge in [-0.05, 0) is 37.5 Å². The van der Waals surface area contributed by atoms with E-state index in [9.17, 15) is 4.79 Å². The van der Waals surface area contributed by atoms with E-state index in [1.165, 1.54) is 31.4 Å². The van der Waals surface area contributed by atoms with Gasteiger partial charge in [0.1, 0.15) is 0 Å². The molecule has 1 aromatic rings. The molecular formula is C21H31N3O2. The molecule has 0 aromatic carbocycles. The van der Waals surface area contributed by atoms with Crippen molar-refractivity contribution in [2.45, 2.75) is 57.4 Å². The summed E-state index contributed by atoms with van der Waals surface area (Å²) in [4.78, 5) is 19.4. The highest BCUT2D eigenvalue weighted by Gasteiger charge is 2.32. The molecule has 2 atom stereocenters. The summed E-state index contributed by atoms with van der Waals surface area (Å²) in [5.74, 6) is 1.65. The number of carbonyl (C=O) groups excluding carboxylic acids is 1. The Kier molecular flexibility index (Phi) is 5.44. The first kappa shape index (κ1) is 17.8. The van der Waals surface area contributed by atoms with Crippen molar-refractivity contribution in [3.63, 3.8) is 0 Å². The van der Waals surface area contributed by atoms with E-state index in [0.29, 0.717) is 25.5 Å². The predicted molar refractivity (Wildman–Crippen MR) is 101 cm³/mol. The normalized spacial score (nSPS) is 25.8. The average Bonchev–Trinajstić information content (AvgIpc) is 3.38. The first-order valence-electron chi connectivity index (χ1n) is 10.2. The fraction of sp³-hybridized carbons (Fsp3) is 0.714. The maximum Gasteiger partial charge on any atom is 0.223 e. The van der Waals surface area contributed by atoms with Crippen molar-refractivity contribution in [2.75, 3.05) is 19.8 Å². The molecule has 1 fully saturated rings. The molecule has 0 radical (unpaired) electrons. The minimum absolute atomic E-state index is 0.232. The summed E-state index contributed by atoms with van der Waals surface area (Å²) < 4.78 is 8.22. The van der Waals surface area contributed by atoms with Crippen molar-refractivity contribution < 1.29 is 9.53 Å². The first-order chi connectivity index (χ1) is 12.7. The van der Waals surface area contributed by atoms with Crippen LogP contribution < -0.4 is 0 Å². The Morgan fingerprint density at radius 3 is 2.88 bits per heavy atom. The summed E-state index contributed by atoms with van der Waals surface area (Å²) in [6.07, 6.45) is 14.4. The van der Waals surface area contributed by atoms with Gasteiger partial charge in [-0.25, -0.2) is 4.98 Å². The van der Waals surface area contributed by atoms with Gasteiger partial charge in [0.05, 0.1) is 25.2 Å². The SMILES string of the molecule is Cn1cnc2c1[C@H](COCC1CCCC1)CN(C(=O)C[C@@H]1C=CCC1)C2. The lowest BCUT2D eigenvalue weighted by Crippen LogP contribution is -2.40. The van der Waals surface area contributed by atoms with Crippen LogP contribution in [0.15, 0.2) is 18.5 Å². The van der Waals surface area contributed by atoms with Crippen LogP contribution in [0.1, 0.15) is 62.3 Å². The van der Waals surface area contributed by atoms with Crippen LogP contribution in [-0.4, -0.2) is 40.1 Å². The van der Waals surface area contributed by atoms with E-state index in [4.69, 9.17) is 4.74 Å². The number of aryl methyl sites for hydroxylation is 1. The lowest BCUT2D eigenvalue weighted by Gasteiger charge is -2.33. The van der Waals surface area contributed by atoms with Crippen LogP contribution in [0.25, 0.3) is 0 Å². The van der Waals surface area contributed by atoms with Crippen molar-refractivity contribution in [3.05, 3.63) is 29.9 Å². The average molecular weight is 357 g/mol. The molecule has 1 amide bonds. The van der Waals surface area contributed by atoms with Crippen LogP contribution in [0.2, 0.25) is 0 Å². The first-order valence-corrected chi connectivity index (χ1v) is 10.2. The zero-order chi connectivity index (χ0) is 17.9. The van der Waals surface area contributed by atoms with Gasteiger partial charge in [-0.2, -0.15) is 0 Å². The summed E-state index contributed by atoms with van der Waals surface area (Å²) >= 11 is 0. The second-order valence-electron chi connectivity index (χ2n) is 8.32. The smallest absolute Gasteiger partial charge is 0.223 e. The van der Waals surface area contributed by atoms with Crippen LogP contribution in [0, 0.1) is 11.8 Å². The molecule has 26 heavy (non-hydrogen) atoms. The predicted octanol–water partition coefficient (Wildman–Crippen LogP) is 3.41. The van der Waals surface area contributed by atoms with Gasteiger partial charge >= 0.3 is 0 Å². The molecule has 2 heterocycles. The Bertz CT molecular complexity index is 660. The third-order valence-corrected chi connectivity index (χ3v) is 6.28. The Labute approximate surface area is 156 Å². The number of ether oxygens (including phenoxy) is 1. The fourth-order valence-electron chi connectivity index (χ4n) is 4.83. The zero-order valence-corrected chi connectivity index (χ0v) is 15.9. The molecule has 2 aliphatic carbocycles. The van der Waals surface area contributed by atoms with Crippen LogP contribution in [-0.2, 0) is 23.1 Å². The van der Waals surface area contributed by atoms with Crippen LogP contribution in [0.4, 0.5) is 0 Å². The van der Waals surface area contributed by atoms with Crippen LogP contribution in [0.3, 0.4) is 0 Å². The molecule has 0 N–H and O–H groups in total. The highest BCUT2D eigenvalue weighted by molar-refractivity contribution is 5.77. The molecule has 3 aliphatic rings. The van der Waals surface area contributed by atoms with Gasteiger partial charge in [-0.15, -0.1) is 0 Å². The van der Waals surface area contributed by atoms with Gasteiger partial charge in [0.2, 0.25) is 5.91 Å². The van der Waals surface area contributed by atoms with Gasteiger partial charge in [-0.3, -0.25) is 4.79 Å². The van der Waals surface area contributed by atoms with Gasteiger partial charge in [0.15, 0.2) is 0 Å². The van der Waals surface area contributed by atoms with E-state index >= 15 is 0 Å². The number of allylic oxidation sites excluding steroid dienone is 2. The number of imidazole rings is 1. The summed E-state index contributed by atoms with van der Waals surface area (Å²) in [7, 11) is 2.05. The molecule has 1 saturated carbocycles. The van der Waals surface area contributed by atoms with Crippen LogP contribution >= 0.6 is 0 Å². The molecule has 0 saturated heterocycles.